The summed E-state index contributed by atoms with van der Waals surface area (Å²) in [6, 6.07) is 127. The smallest absolute Gasteiger partial charge is 0.164 e. The van der Waals surface area contributed by atoms with Crippen LogP contribution in [0.2, 0.25) is 0 Å². The predicted octanol–water partition coefficient (Wildman–Crippen LogP) is 30.2. The van der Waals surface area contributed by atoms with Gasteiger partial charge >= 0.3 is 0 Å². The van der Waals surface area contributed by atoms with E-state index in [4.69, 9.17) is 34.3 Å². The van der Waals surface area contributed by atoms with E-state index in [1.54, 1.807) is 22.7 Å². The molecule has 578 valence electrons. The van der Waals surface area contributed by atoms with Gasteiger partial charge in [0, 0.05) is 129 Å². The Hall–Kier alpha value is -14.6. The number of fused-ring (bicyclic) bond motifs is 18. The van der Waals surface area contributed by atoms with Crippen molar-refractivity contribution in [2.75, 3.05) is 9.80 Å². The molecule has 5 aromatic heterocycles. The Labute approximate surface area is 714 Å². The maximum absolute atomic E-state index is 7.28. The molecule has 5 heterocycles. The van der Waals surface area contributed by atoms with Crippen molar-refractivity contribution < 1.29 is 4.42 Å². The third-order valence-electron chi connectivity index (χ3n) is 26.0. The van der Waals surface area contributed by atoms with Gasteiger partial charge in [-0.1, -0.05) is 296 Å². The summed E-state index contributed by atoms with van der Waals surface area (Å²) < 4.78 is 11.9. The molecule has 24 rings (SSSR count). The fourth-order valence-electron chi connectivity index (χ4n) is 20.0. The highest BCUT2D eigenvalue weighted by Gasteiger charge is 2.41. The van der Waals surface area contributed by atoms with E-state index >= 15 is 0 Å². The lowest BCUT2D eigenvalue weighted by molar-refractivity contribution is 0.660. The average Bonchev–Trinajstić information content (AvgIpc) is 1.56. The van der Waals surface area contributed by atoms with Gasteiger partial charge in [-0.15, -0.1) is 22.7 Å². The first-order valence-electron chi connectivity index (χ1n) is 41.7. The van der Waals surface area contributed by atoms with Crippen LogP contribution in [0.25, 0.3) is 175 Å². The van der Waals surface area contributed by atoms with Gasteiger partial charge in [0.25, 0.3) is 0 Å². The second kappa shape index (κ2) is 27.2. The number of anilines is 6. The molecule has 0 atom stereocenters. The standard InChI is InChI=1S/C111H76N8OS2/c1-109(2)87-41-22-18-35-79(87)100-88(109)42-26-43-91(100)118(72-51-55-77-75-33-16-20-39-85(75)110(3,4)89(77)63-72)70-53-59-94-83(61-70)99-82(38-25-46-97(99)121-94)108-116-105(68-31-14-9-15-32-68)113-106(117-108)69-49-47-65(48-50-69)74-57-58-92(101-80-36-19-23-44-93(80)120-102(74)101)119(73-52-56-78-76-34-17-21-40-86(76)111(5,6)90(78)64-73)71-54-60-95-84(62-71)98-81(37-24-45-96(98)122-95)107-114-103(66-27-10-7-11-28-66)112-104(115-107)67-29-12-8-13-30-67/h7-64H,1-6H3. The van der Waals surface area contributed by atoms with Crippen LogP contribution in [0.1, 0.15) is 74.9 Å². The van der Waals surface area contributed by atoms with E-state index in [9.17, 15) is 0 Å². The van der Waals surface area contributed by atoms with Gasteiger partial charge in [0.05, 0.1) is 16.8 Å². The maximum atomic E-state index is 7.28. The summed E-state index contributed by atoms with van der Waals surface area (Å²) in [5.41, 5.74) is 30.1. The van der Waals surface area contributed by atoms with E-state index in [-0.39, 0.29) is 16.2 Å². The van der Waals surface area contributed by atoms with Gasteiger partial charge in [-0.25, -0.2) is 29.9 Å². The van der Waals surface area contributed by atoms with Crippen LogP contribution in [-0.4, -0.2) is 29.9 Å². The molecule has 0 unspecified atom stereocenters. The van der Waals surface area contributed by atoms with Crippen molar-refractivity contribution in [2.45, 2.75) is 57.8 Å². The largest absolute Gasteiger partial charge is 0.455 e. The van der Waals surface area contributed by atoms with Crippen molar-refractivity contribution in [2.24, 2.45) is 0 Å². The Morgan fingerprint density at radius 1 is 0.238 bits per heavy atom. The first-order valence-corrected chi connectivity index (χ1v) is 43.3. The van der Waals surface area contributed by atoms with Crippen molar-refractivity contribution in [1.82, 2.24) is 29.9 Å². The minimum Gasteiger partial charge on any atom is -0.455 e. The number of furan rings is 1. The Balaban J connectivity index is 0.645. The van der Waals surface area contributed by atoms with Crippen LogP contribution in [0.5, 0.6) is 0 Å². The quantitative estimate of drug-likeness (QED) is 0.112. The number of aromatic nitrogens is 6. The summed E-state index contributed by atoms with van der Waals surface area (Å²) in [6.07, 6.45) is 0. The van der Waals surface area contributed by atoms with Crippen molar-refractivity contribution in [3.63, 3.8) is 0 Å². The molecule has 0 bridgehead atoms. The third kappa shape index (κ3) is 11.0. The first kappa shape index (κ1) is 71.5. The van der Waals surface area contributed by atoms with Crippen LogP contribution >= 0.6 is 22.7 Å². The Morgan fingerprint density at radius 3 is 1.12 bits per heavy atom. The highest BCUT2D eigenvalue weighted by atomic mass is 32.1. The zero-order chi connectivity index (χ0) is 81.4. The van der Waals surface area contributed by atoms with Crippen molar-refractivity contribution in [1.29, 1.82) is 0 Å². The number of hydrogen-bond donors (Lipinski definition) is 0. The molecule has 3 aliphatic carbocycles. The summed E-state index contributed by atoms with van der Waals surface area (Å²) in [5.74, 6) is 3.59. The van der Waals surface area contributed by atoms with Gasteiger partial charge in [-0.3, -0.25) is 0 Å². The number of para-hydroxylation sites is 1. The Kier molecular flexibility index (Phi) is 15.9. The molecule has 0 saturated carbocycles. The number of rotatable bonds is 13. The third-order valence-corrected chi connectivity index (χ3v) is 28.3. The molecule has 122 heavy (non-hydrogen) atoms. The summed E-state index contributed by atoms with van der Waals surface area (Å²) >= 11 is 3.58. The van der Waals surface area contributed by atoms with Crippen LogP contribution in [-0.2, 0) is 16.2 Å². The number of thiophene rings is 2. The second-order valence-corrected chi connectivity index (χ2v) is 36.2. The van der Waals surface area contributed by atoms with Gasteiger partial charge in [0.1, 0.15) is 11.2 Å². The zero-order valence-electron chi connectivity index (χ0n) is 67.8. The number of hydrogen-bond acceptors (Lipinski definition) is 11. The van der Waals surface area contributed by atoms with E-state index < -0.39 is 0 Å². The molecule has 0 fully saturated rings. The highest BCUT2D eigenvalue weighted by Crippen LogP contribution is 2.59. The maximum Gasteiger partial charge on any atom is 0.164 e. The Bertz CT molecular complexity index is 7880. The minimum atomic E-state index is -0.272. The van der Waals surface area contributed by atoms with E-state index in [0.717, 1.165) is 136 Å². The summed E-state index contributed by atoms with van der Waals surface area (Å²) in [5, 5.41) is 6.42. The lowest BCUT2D eigenvalue weighted by Gasteiger charge is -2.30. The first-order chi connectivity index (χ1) is 59.7. The van der Waals surface area contributed by atoms with Crippen LogP contribution in [0, 0.1) is 0 Å². The molecule has 16 aromatic carbocycles. The zero-order valence-corrected chi connectivity index (χ0v) is 69.4. The van der Waals surface area contributed by atoms with Gasteiger partial charge in [0.15, 0.2) is 34.9 Å². The molecule has 0 N–H and O–H groups in total. The predicted molar refractivity (Wildman–Crippen MR) is 506 cm³/mol. The molecular formula is C111H76N8OS2. The van der Waals surface area contributed by atoms with Gasteiger partial charge in [0.2, 0.25) is 0 Å². The normalized spacial score (nSPS) is 13.7. The van der Waals surface area contributed by atoms with Gasteiger partial charge in [-0.2, -0.15) is 0 Å². The molecule has 0 radical (unpaired) electrons. The monoisotopic (exact) mass is 1600 g/mol. The fourth-order valence-corrected chi connectivity index (χ4v) is 22.2. The molecule has 0 saturated heterocycles. The van der Waals surface area contributed by atoms with E-state index in [1.807, 2.05) is 54.6 Å². The number of nitrogens with zero attached hydrogens (tertiary/aromatic N) is 8. The molecule has 11 heteroatoms. The Morgan fingerprint density at radius 2 is 0.607 bits per heavy atom. The van der Waals surface area contributed by atoms with Gasteiger partial charge < -0.3 is 14.2 Å². The molecule has 0 amide bonds. The molecule has 21 aromatic rings. The van der Waals surface area contributed by atoms with Crippen LogP contribution in [0.4, 0.5) is 34.1 Å². The summed E-state index contributed by atoms with van der Waals surface area (Å²) in [4.78, 5) is 37.1. The van der Waals surface area contributed by atoms with Crippen molar-refractivity contribution in [3.05, 3.63) is 385 Å². The number of benzene rings is 16. The summed E-state index contributed by atoms with van der Waals surface area (Å²) in [7, 11) is 0. The van der Waals surface area contributed by atoms with Crippen LogP contribution in [0.15, 0.2) is 356 Å². The SMILES string of the molecule is CC1(C)c2ccccc2-c2ccc(N(c3ccc4sc5cccc(-c6nc(-c7ccccc7)nc(-c7ccc(-c8ccc(N(c9ccc%10c(c9)C(C)(C)c9ccccc9-%10)c9ccc%10sc%11cccc(-c%12nc(-c%13ccccc%13)nc(-c%13ccccc%13)n%12)c%11c%10c9)c9c8oc8ccccc89)cc7)n6)c5c4c3)c3cccc4c3-c3ccccc3C4(C)C)cc21. The fraction of sp³-hybridized carbons (Fsp3) is 0.0811. The van der Waals surface area contributed by atoms with Gasteiger partial charge in [-0.05, 0) is 164 Å². The van der Waals surface area contributed by atoms with E-state index in [1.165, 1.54) is 71.5 Å². The van der Waals surface area contributed by atoms with Crippen LogP contribution < -0.4 is 9.80 Å². The van der Waals surface area contributed by atoms with E-state index in [0.29, 0.717) is 34.9 Å². The molecule has 0 spiro atoms. The topological polar surface area (TPSA) is 97.0 Å². The lowest BCUT2D eigenvalue weighted by atomic mass is 9.82. The second-order valence-electron chi connectivity index (χ2n) is 34.0. The average molecular weight is 1600 g/mol. The molecule has 0 aliphatic heterocycles. The highest BCUT2D eigenvalue weighted by molar-refractivity contribution is 7.26. The molecule has 9 nitrogen and oxygen atoms in total. The van der Waals surface area contributed by atoms with Crippen LogP contribution in [0.3, 0.4) is 0 Å². The summed E-state index contributed by atoms with van der Waals surface area (Å²) in [6.45, 7) is 14.2. The molecule has 3 aliphatic rings. The lowest BCUT2D eigenvalue weighted by Crippen LogP contribution is -2.17. The molecular weight excluding hydrogens is 1530 g/mol. The minimum absolute atomic E-state index is 0.201. The van der Waals surface area contributed by atoms with E-state index in [2.05, 4.69) is 349 Å². The van der Waals surface area contributed by atoms with Crippen molar-refractivity contribution in [3.8, 4) is 113 Å². The van der Waals surface area contributed by atoms with Crippen molar-refractivity contribution >= 4 is 119 Å².